The van der Waals surface area contributed by atoms with Gasteiger partial charge >= 0.3 is 0 Å². The van der Waals surface area contributed by atoms with Crippen molar-refractivity contribution in [3.63, 3.8) is 0 Å². The Morgan fingerprint density at radius 1 is 1.50 bits per heavy atom. The molecule has 2 nitrogen and oxygen atoms in total. The summed E-state index contributed by atoms with van der Waals surface area (Å²) in [5, 5.41) is 13.3. The van der Waals surface area contributed by atoms with Crippen molar-refractivity contribution in [1.82, 2.24) is 5.32 Å². The van der Waals surface area contributed by atoms with Gasteiger partial charge in [0.2, 0.25) is 0 Å². The second-order valence-corrected chi connectivity index (χ2v) is 5.54. The first-order chi connectivity index (χ1) is 8.56. The number of benzene rings is 1. The van der Waals surface area contributed by atoms with Crippen LogP contribution in [0.15, 0.2) is 18.2 Å². The molecule has 1 aliphatic rings. The van der Waals surface area contributed by atoms with Gasteiger partial charge in [-0.05, 0) is 56.3 Å². The standard InChI is InChI=1S/C14H19ClFNO/c1-9(13-5-3-11(16)7-14(13)15)17-8-10-2-4-12(18)6-10/h3,5,7,9-10,12,17-18H,2,4,6,8H2,1H3. The number of aliphatic hydroxyl groups excluding tert-OH is 1. The molecule has 4 heteroatoms. The third-order valence-electron chi connectivity index (χ3n) is 3.66. The summed E-state index contributed by atoms with van der Waals surface area (Å²) >= 11 is 6.02. The van der Waals surface area contributed by atoms with Crippen LogP contribution in [-0.2, 0) is 0 Å². The van der Waals surface area contributed by atoms with Crippen molar-refractivity contribution in [3.05, 3.63) is 34.6 Å². The van der Waals surface area contributed by atoms with Crippen LogP contribution in [0.3, 0.4) is 0 Å². The number of halogens is 2. The Hall–Kier alpha value is -0.640. The van der Waals surface area contributed by atoms with Gasteiger partial charge in [-0.25, -0.2) is 4.39 Å². The SMILES string of the molecule is CC(NCC1CCC(O)C1)c1ccc(F)cc1Cl. The summed E-state index contributed by atoms with van der Waals surface area (Å²) in [5.41, 5.74) is 0.914. The molecule has 0 aromatic heterocycles. The summed E-state index contributed by atoms with van der Waals surface area (Å²) in [6.07, 6.45) is 2.70. The summed E-state index contributed by atoms with van der Waals surface area (Å²) in [6.45, 7) is 2.89. The molecule has 0 amide bonds. The molecule has 1 saturated carbocycles. The minimum Gasteiger partial charge on any atom is -0.393 e. The van der Waals surface area contributed by atoms with E-state index in [1.165, 1.54) is 12.1 Å². The molecule has 0 spiro atoms. The van der Waals surface area contributed by atoms with E-state index in [4.69, 9.17) is 11.6 Å². The molecule has 1 fully saturated rings. The van der Waals surface area contributed by atoms with Crippen LogP contribution in [0.1, 0.15) is 37.8 Å². The van der Waals surface area contributed by atoms with Gasteiger partial charge in [-0.3, -0.25) is 0 Å². The number of hydrogen-bond acceptors (Lipinski definition) is 2. The molecule has 0 aliphatic heterocycles. The van der Waals surface area contributed by atoms with Gasteiger partial charge in [0.1, 0.15) is 5.82 Å². The van der Waals surface area contributed by atoms with Crippen LogP contribution in [0.4, 0.5) is 4.39 Å². The highest BCUT2D eigenvalue weighted by molar-refractivity contribution is 6.31. The highest BCUT2D eigenvalue weighted by atomic mass is 35.5. The Kier molecular flexibility index (Phi) is 4.60. The molecule has 2 rings (SSSR count). The van der Waals surface area contributed by atoms with Crippen LogP contribution >= 0.6 is 11.6 Å². The highest BCUT2D eigenvalue weighted by Gasteiger charge is 2.23. The van der Waals surface area contributed by atoms with Gasteiger partial charge in [-0.15, -0.1) is 0 Å². The zero-order valence-electron chi connectivity index (χ0n) is 10.5. The Balaban J connectivity index is 1.89. The molecular weight excluding hydrogens is 253 g/mol. The lowest BCUT2D eigenvalue weighted by atomic mass is 10.1. The number of aliphatic hydroxyl groups is 1. The van der Waals surface area contributed by atoms with E-state index < -0.39 is 0 Å². The van der Waals surface area contributed by atoms with Gasteiger partial charge in [0.25, 0.3) is 0 Å². The lowest BCUT2D eigenvalue weighted by Crippen LogP contribution is -2.25. The van der Waals surface area contributed by atoms with Crippen LogP contribution in [0.25, 0.3) is 0 Å². The van der Waals surface area contributed by atoms with E-state index in [1.807, 2.05) is 6.92 Å². The fraction of sp³-hybridized carbons (Fsp3) is 0.571. The number of hydrogen-bond donors (Lipinski definition) is 2. The van der Waals surface area contributed by atoms with Gasteiger partial charge < -0.3 is 10.4 Å². The topological polar surface area (TPSA) is 32.3 Å². The molecule has 1 aliphatic carbocycles. The number of nitrogens with one attached hydrogen (secondary N) is 1. The molecule has 18 heavy (non-hydrogen) atoms. The second-order valence-electron chi connectivity index (χ2n) is 5.13. The molecule has 0 heterocycles. The van der Waals surface area contributed by atoms with Gasteiger partial charge in [0.15, 0.2) is 0 Å². The summed E-state index contributed by atoms with van der Waals surface area (Å²) in [5.74, 6) is 0.219. The fourth-order valence-corrected chi connectivity index (χ4v) is 2.87. The maximum Gasteiger partial charge on any atom is 0.124 e. The first-order valence-corrected chi connectivity index (χ1v) is 6.80. The lowest BCUT2D eigenvalue weighted by Gasteiger charge is -2.18. The molecule has 0 radical (unpaired) electrons. The quantitative estimate of drug-likeness (QED) is 0.881. The van der Waals surface area contributed by atoms with Crippen LogP contribution in [0, 0.1) is 11.7 Å². The third-order valence-corrected chi connectivity index (χ3v) is 3.98. The average molecular weight is 272 g/mol. The Morgan fingerprint density at radius 2 is 2.28 bits per heavy atom. The van der Waals surface area contributed by atoms with Gasteiger partial charge in [-0.1, -0.05) is 17.7 Å². The van der Waals surface area contributed by atoms with E-state index >= 15 is 0 Å². The van der Waals surface area contributed by atoms with Crippen molar-refractivity contribution in [2.24, 2.45) is 5.92 Å². The number of rotatable bonds is 4. The van der Waals surface area contributed by atoms with Crippen molar-refractivity contribution in [2.45, 2.75) is 38.3 Å². The van der Waals surface area contributed by atoms with Crippen molar-refractivity contribution in [1.29, 1.82) is 0 Å². The molecule has 0 saturated heterocycles. The maximum atomic E-state index is 13.0. The van der Waals surface area contributed by atoms with E-state index in [1.54, 1.807) is 6.07 Å². The predicted molar refractivity (Wildman–Crippen MR) is 71.2 cm³/mol. The normalized spacial score (nSPS) is 25.3. The van der Waals surface area contributed by atoms with Crippen molar-refractivity contribution in [3.8, 4) is 0 Å². The molecule has 2 N–H and O–H groups in total. The highest BCUT2D eigenvalue weighted by Crippen LogP contribution is 2.27. The first-order valence-electron chi connectivity index (χ1n) is 6.42. The Bertz CT molecular complexity index is 413. The minimum absolute atomic E-state index is 0.0934. The first kappa shape index (κ1) is 13.8. The summed E-state index contributed by atoms with van der Waals surface area (Å²) in [7, 11) is 0. The van der Waals surface area contributed by atoms with Crippen molar-refractivity contribution >= 4 is 11.6 Å². The van der Waals surface area contributed by atoms with Crippen molar-refractivity contribution < 1.29 is 9.50 Å². The van der Waals surface area contributed by atoms with Crippen LogP contribution in [-0.4, -0.2) is 17.8 Å². The molecular formula is C14H19ClFNO. The second kappa shape index (κ2) is 6.00. The summed E-state index contributed by atoms with van der Waals surface area (Å²) < 4.78 is 13.0. The smallest absolute Gasteiger partial charge is 0.124 e. The van der Waals surface area contributed by atoms with Gasteiger partial charge in [0.05, 0.1) is 6.10 Å². The lowest BCUT2D eigenvalue weighted by molar-refractivity contribution is 0.177. The zero-order valence-corrected chi connectivity index (χ0v) is 11.3. The molecule has 1 aromatic carbocycles. The van der Waals surface area contributed by atoms with Crippen LogP contribution in [0.5, 0.6) is 0 Å². The molecule has 3 atom stereocenters. The molecule has 100 valence electrons. The average Bonchev–Trinajstić information content (AvgIpc) is 2.72. The Labute approximate surface area is 112 Å². The third kappa shape index (κ3) is 3.44. The van der Waals surface area contributed by atoms with Gasteiger partial charge in [-0.2, -0.15) is 0 Å². The van der Waals surface area contributed by atoms with E-state index in [0.717, 1.165) is 31.4 Å². The van der Waals surface area contributed by atoms with E-state index in [9.17, 15) is 9.50 Å². The minimum atomic E-state index is -0.310. The van der Waals surface area contributed by atoms with Crippen LogP contribution < -0.4 is 5.32 Å². The largest absolute Gasteiger partial charge is 0.393 e. The molecule has 0 bridgehead atoms. The van der Waals surface area contributed by atoms with Crippen LogP contribution in [0.2, 0.25) is 5.02 Å². The monoisotopic (exact) mass is 271 g/mol. The summed E-state index contributed by atoms with van der Waals surface area (Å²) in [6, 6.07) is 4.59. The maximum absolute atomic E-state index is 13.0. The summed E-state index contributed by atoms with van der Waals surface area (Å²) in [4.78, 5) is 0. The van der Waals surface area contributed by atoms with E-state index in [-0.39, 0.29) is 18.0 Å². The zero-order chi connectivity index (χ0) is 13.1. The van der Waals surface area contributed by atoms with Gasteiger partial charge in [0, 0.05) is 11.1 Å². The molecule has 1 aromatic rings. The Morgan fingerprint density at radius 3 is 2.89 bits per heavy atom. The van der Waals surface area contributed by atoms with E-state index in [0.29, 0.717) is 10.9 Å². The predicted octanol–water partition coefficient (Wildman–Crippen LogP) is 3.29. The van der Waals surface area contributed by atoms with E-state index in [2.05, 4.69) is 5.32 Å². The molecule has 3 unspecified atom stereocenters. The fourth-order valence-electron chi connectivity index (χ4n) is 2.54. The van der Waals surface area contributed by atoms with Crippen molar-refractivity contribution in [2.75, 3.05) is 6.54 Å².